The van der Waals surface area contributed by atoms with Crippen LogP contribution in [0.5, 0.6) is 0 Å². The van der Waals surface area contributed by atoms with Crippen LogP contribution in [-0.4, -0.2) is 184 Å². The maximum atomic E-state index is 13.3. The SMILES string of the molecule is CN1CCN(c2ncc(C(=O)Cc3cc(-c4ccccc4)ccc3N)s2)CC1.CN1CCN(c2ncc(C(=O)Cc3cc(-c4ccccc4)ccc3NC(=O)OC(C)(C)C)s2)CC1.COC(=O)c1cnc(Br)s1.COC(=O)c1cnc(N2CCN(C)CC2)s1. The van der Waals surface area contributed by atoms with Gasteiger partial charge in [0.15, 0.2) is 30.9 Å². The summed E-state index contributed by atoms with van der Waals surface area (Å²) in [5, 5.41) is 5.55. The van der Waals surface area contributed by atoms with Crippen molar-refractivity contribution in [2.45, 2.75) is 39.2 Å². The van der Waals surface area contributed by atoms with Gasteiger partial charge in [0.05, 0.1) is 48.8 Å². The number of carbonyl (C=O) groups is 5. The molecule has 0 bridgehead atoms. The van der Waals surface area contributed by atoms with E-state index in [1.165, 1.54) is 65.8 Å². The number of rotatable bonds is 14. The van der Waals surface area contributed by atoms with Gasteiger partial charge in [-0.05, 0) is 115 Å². The molecule has 3 aliphatic rings. The van der Waals surface area contributed by atoms with Gasteiger partial charge >= 0.3 is 18.0 Å². The van der Waals surface area contributed by atoms with Crippen molar-refractivity contribution in [3.8, 4) is 22.3 Å². The molecule has 0 unspecified atom stereocenters. The lowest BCUT2D eigenvalue weighted by atomic mass is 9.98. The summed E-state index contributed by atoms with van der Waals surface area (Å²) in [5.74, 6) is -0.615. The molecule has 89 heavy (non-hydrogen) atoms. The van der Waals surface area contributed by atoms with Crippen LogP contribution in [0.25, 0.3) is 22.3 Å². The molecule has 20 nitrogen and oxygen atoms in total. The van der Waals surface area contributed by atoms with E-state index in [0.29, 0.717) is 34.8 Å². The summed E-state index contributed by atoms with van der Waals surface area (Å²) in [7, 11) is 9.08. The molecule has 8 aromatic rings. The Morgan fingerprint density at radius 2 is 0.888 bits per heavy atom. The number of nitrogen functional groups attached to an aromatic ring is 1. The Hall–Kier alpha value is -7.49. The summed E-state index contributed by atoms with van der Waals surface area (Å²) in [6, 6.07) is 31.7. The number of benzene rings is 4. The lowest BCUT2D eigenvalue weighted by Crippen LogP contribution is -2.44. The summed E-state index contributed by atoms with van der Waals surface area (Å²) in [6.45, 7) is 17.2. The molecule has 3 N–H and O–H groups in total. The third-order valence-electron chi connectivity index (χ3n) is 14.4. The first-order valence-corrected chi connectivity index (χ1v) is 32.9. The van der Waals surface area contributed by atoms with Crippen molar-refractivity contribution >= 4 is 118 Å². The highest BCUT2D eigenvalue weighted by atomic mass is 79.9. The number of ether oxygens (including phenoxy) is 3. The number of nitrogens with two attached hydrogens (primary N) is 1. The van der Waals surface area contributed by atoms with Gasteiger partial charge in [-0.1, -0.05) is 107 Å². The Balaban J connectivity index is 0.000000168. The van der Waals surface area contributed by atoms with Crippen molar-refractivity contribution in [2.75, 3.05) is 140 Å². The second-order valence-corrected chi connectivity index (χ2v) is 27.5. The van der Waals surface area contributed by atoms with E-state index in [4.69, 9.17) is 10.5 Å². The number of nitrogens with one attached hydrogen (secondary N) is 1. The number of aromatic nitrogens is 4. The summed E-state index contributed by atoms with van der Waals surface area (Å²) in [5.41, 5.74) is 12.5. The van der Waals surface area contributed by atoms with E-state index in [-0.39, 0.29) is 36.3 Å². The number of methoxy groups -OCH3 is 2. The number of halogens is 1. The number of ketones is 2. The van der Waals surface area contributed by atoms with Crippen LogP contribution in [0, 0.1) is 0 Å². The lowest BCUT2D eigenvalue weighted by Gasteiger charge is -2.32. The third-order valence-corrected chi connectivity index (χ3v) is 19.1. The first kappa shape index (κ1) is 67.4. The molecule has 25 heteroatoms. The molecule has 7 heterocycles. The molecular formula is C64H75BrN12O8S4. The number of Topliss-reactive ketones (excluding diaryl/α,β-unsaturated/α-hetero) is 2. The van der Waals surface area contributed by atoms with Crippen molar-refractivity contribution in [3.63, 3.8) is 0 Å². The molecule has 4 aromatic heterocycles. The van der Waals surface area contributed by atoms with E-state index in [1.54, 1.807) is 18.6 Å². The minimum atomic E-state index is -0.619. The van der Waals surface area contributed by atoms with Crippen molar-refractivity contribution in [2.24, 2.45) is 0 Å². The Morgan fingerprint density at radius 1 is 0.506 bits per heavy atom. The van der Waals surface area contributed by atoms with Crippen LogP contribution in [0.4, 0.5) is 31.6 Å². The zero-order valence-corrected chi connectivity index (χ0v) is 56.1. The van der Waals surface area contributed by atoms with Gasteiger partial charge in [-0.25, -0.2) is 34.3 Å². The monoisotopic (exact) mass is 1350 g/mol. The van der Waals surface area contributed by atoms with Gasteiger partial charge in [-0.2, -0.15) is 0 Å². The second-order valence-electron chi connectivity index (χ2n) is 22.2. The van der Waals surface area contributed by atoms with Crippen molar-refractivity contribution in [3.05, 3.63) is 156 Å². The van der Waals surface area contributed by atoms with E-state index in [2.05, 4.69) is 113 Å². The van der Waals surface area contributed by atoms with Crippen molar-refractivity contribution in [1.29, 1.82) is 0 Å². The van der Waals surface area contributed by atoms with Gasteiger partial charge in [-0.15, -0.1) is 11.3 Å². The lowest BCUT2D eigenvalue weighted by molar-refractivity contribution is 0.0597. The fourth-order valence-electron chi connectivity index (χ4n) is 9.30. The maximum Gasteiger partial charge on any atom is 0.412 e. The number of anilines is 5. The van der Waals surface area contributed by atoms with Gasteiger partial charge in [0.25, 0.3) is 0 Å². The molecule has 0 saturated carbocycles. The molecule has 470 valence electrons. The van der Waals surface area contributed by atoms with Crippen LogP contribution in [-0.2, 0) is 27.1 Å². The van der Waals surface area contributed by atoms with Crippen LogP contribution in [0.3, 0.4) is 0 Å². The highest BCUT2D eigenvalue weighted by Crippen LogP contribution is 2.32. The van der Waals surface area contributed by atoms with Crippen molar-refractivity contribution in [1.82, 2.24) is 34.6 Å². The average Bonchev–Trinajstić information content (AvgIpc) is 4.34. The minimum Gasteiger partial charge on any atom is -0.465 e. The second kappa shape index (κ2) is 32.3. The van der Waals surface area contributed by atoms with E-state index in [0.717, 1.165) is 127 Å². The Bertz CT molecular complexity index is 3630. The minimum absolute atomic E-state index is 0.0275. The number of carbonyl (C=O) groups excluding carboxylic acids is 5. The summed E-state index contributed by atoms with van der Waals surface area (Å²) < 4.78 is 15.2. The summed E-state index contributed by atoms with van der Waals surface area (Å²) >= 11 is 8.69. The van der Waals surface area contributed by atoms with Gasteiger partial charge < -0.3 is 49.3 Å². The van der Waals surface area contributed by atoms with E-state index >= 15 is 0 Å². The number of hydrogen-bond acceptors (Lipinski definition) is 23. The number of nitrogens with zero attached hydrogens (tertiary/aromatic N) is 10. The Labute approximate surface area is 544 Å². The quantitative estimate of drug-likeness (QED) is 0.0447. The van der Waals surface area contributed by atoms with E-state index in [9.17, 15) is 24.0 Å². The molecule has 3 fully saturated rings. The number of esters is 2. The molecule has 4 aromatic carbocycles. The Kier molecular flexibility index (Phi) is 24.5. The molecule has 3 aliphatic heterocycles. The van der Waals surface area contributed by atoms with E-state index < -0.39 is 11.7 Å². The zero-order valence-electron chi connectivity index (χ0n) is 51.3. The number of likely N-dealkylation sites (N-methyl/N-ethyl adjacent to an activating group) is 3. The van der Waals surface area contributed by atoms with Gasteiger partial charge in [-0.3, -0.25) is 14.9 Å². The third kappa shape index (κ3) is 20.0. The average molecular weight is 1350 g/mol. The van der Waals surface area contributed by atoms with Crippen LogP contribution >= 0.6 is 61.3 Å². The fraction of sp³-hybridized carbons (Fsp3) is 0.359. The number of piperazine rings is 3. The molecule has 3 saturated heterocycles. The molecule has 1 amide bonds. The van der Waals surface area contributed by atoms with Crippen LogP contribution in [0.1, 0.15) is 70.6 Å². The number of amides is 1. The van der Waals surface area contributed by atoms with Crippen molar-refractivity contribution < 1.29 is 38.2 Å². The van der Waals surface area contributed by atoms with Crippen LogP contribution < -0.4 is 25.8 Å². The number of hydrogen-bond donors (Lipinski definition) is 2. The highest BCUT2D eigenvalue weighted by molar-refractivity contribution is 9.11. The smallest absolute Gasteiger partial charge is 0.412 e. The molecule has 0 atom stereocenters. The molecule has 0 aliphatic carbocycles. The normalized spacial score (nSPS) is 14.6. The standard InChI is InChI=1S/C27H32N4O3S.C22H24N4OS.C10H15N3O2S.C5H4BrNO2S/c1-27(2,3)34-26(33)29-22-11-10-20(19-8-6-5-7-9-19)16-21(22)17-23(32)24-18-28-25(35-24)31-14-12-30(4)13-15-31;1-25-9-11-26(12-10-25)22-24-15-21(28-22)20(27)14-18-13-17(7-8-19(18)23)16-5-3-2-4-6-16;1-12-3-5-13(6-4-12)10-11-7-8(16-10)9(14)15-2;1-9-4(8)3-2-7-5(6)10-3/h5-11,16,18H,12-15,17H2,1-4H3,(H,29,33);2-8,13,15H,9-12,14,23H2,1H3;7H,3-6H2,1-2H3;2H,1H3. The molecule has 0 radical (unpaired) electrons. The topological polar surface area (TPSA) is 222 Å². The first-order chi connectivity index (χ1) is 42.7. The highest BCUT2D eigenvalue weighted by Gasteiger charge is 2.24. The number of thiazole rings is 4. The molecule has 0 spiro atoms. The predicted octanol–water partition coefficient (Wildman–Crippen LogP) is 11.3. The first-order valence-electron chi connectivity index (χ1n) is 28.9. The zero-order chi connectivity index (χ0) is 63.6. The van der Waals surface area contributed by atoms with E-state index in [1.807, 2.05) is 106 Å². The van der Waals surface area contributed by atoms with Gasteiger partial charge in [0, 0.05) is 103 Å². The molecule has 11 rings (SSSR count). The van der Waals surface area contributed by atoms with Gasteiger partial charge in [0.1, 0.15) is 15.4 Å². The predicted molar refractivity (Wildman–Crippen MR) is 362 cm³/mol. The Morgan fingerprint density at radius 3 is 1.30 bits per heavy atom. The largest absolute Gasteiger partial charge is 0.465 e. The van der Waals surface area contributed by atoms with Gasteiger partial charge in [0.2, 0.25) is 0 Å². The maximum absolute atomic E-state index is 13.3. The fourth-order valence-corrected chi connectivity index (χ4v) is 13.2. The molecular weight excluding hydrogens is 1270 g/mol. The summed E-state index contributed by atoms with van der Waals surface area (Å²) in [4.78, 5) is 93.7. The van der Waals surface area contributed by atoms with Crippen LogP contribution in [0.2, 0.25) is 0 Å². The van der Waals surface area contributed by atoms with Crippen LogP contribution in [0.15, 0.2) is 126 Å². The summed E-state index contributed by atoms with van der Waals surface area (Å²) in [6.07, 6.45) is 6.33.